The molecule has 0 N–H and O–H groups in total. The molecule has 0 amide bonds. The van der Waals surface area contributed by atoms with Gasteiger partial charge in [0.1, 0.15) is 6.61 Å². The molecule has 1 aromatic rings. The number of esters is 1. The molecule has 0 heterocycles. The molecular formula is C15H21NO2. The van der Waals surface area contributed by atoms with Crippen molar-refractivity contribution in [1.82, 2.24) is 4.90 Å². The Labute approximate surface area is 109 Å². The van der Waals surface area contributed by atoms with Crippen molar-refractivity contribution in [1.29, 1.82) is 0 Å². The van der Waals surface area contributed by atoms with Gasteiger partial charge in [-0.3, -0.25) is 0 Å². The first kappa shape index (κ1) is 16.1. The third-order valence-corrected chi connectivity index (χ3v) is 1.98. The number of carbonyl (C=O) groups is 1. The van der Waals surface area contributed by atoms with E-state index in [9.17, 15) is 4.79 Å². The summed E-state index contributed by atoms with van der Waals surface area (Å²) in [6.45, 7) is 8.08. The maximum Gasteiger partial charge on any atom is 0.330 e. The molecule has 0 aliphatic rings. The molecule has 0 bridgehead atoms. The first-order valence-electron chi connectivity index (χ1n) is 5.71. The van der Waals surface area contributed by atoms with E-state index in [4.69, 9.17) is 4.74 Å². The van der Waals surface area contributed by atoms with Crippen molar-refractivity contribution in [2.75, 3.05) is 27.2 Å². The van der Waals surface area contributed by atoms with E-state index in [0.717, 1.165) is 12.6 Å². The van der Waals surface area contributed by atoms with Gasteiger partial charge < -0.3 is 9.64 Å². The lowest BCUT2D eigenvalue weighted by Gasteiger charge is -2.07. The average Bonchev–Trinajstić information content (AvgIpc) is 2.39. The zero-order valence-corrected chi connectivity index (χ0v) is 11.1. The highest BCUT2D eigenvalue weighted by atomic mass is 16.5. The summed E-state index contributed by atoms with van der Waals surface area (Å²) in [7, 11) is 3.84. The molecule has 0 aliphatic carbocycles. The number of hydrogen-bond acceptors (Lipinski definition) is 3. The molecule has 0 spiro atoms. The summed E-state index contributed by atoms with van der Waals surface area (Å²) in [4.78, 5) is 12.4. The molecular weight excluding hydrogens is 226 g/mol. The zero-order chi connectivity index (χ0) is 13.8. The summed E-state index contributed by atoms with van der Waals surface area (Å²) < 4.78 is 4.70. The average molecular weight is 247 g/mol. The summed E-state index contributed by atoms with van der Waals surface area (Å²) >= 11 is 0. The van der Waals surface area contributed by atoms with Crippen LogP contribution in [-0.2, 0) is 9.53 Å². The van der Waals surface area contributed by atoms with E-state index in [2.05, 4.69) is 13.2 Å². The van der Waals surface area contributed by atoms with Crippen molar-refractivity contribution in [2.24, 2.45) is 0 Å². The van der Waals surface area contributed by atoms with Crippen molar-refractivity contribution in [3.63, 3.8) is 0 Å². The summed E-state index contributed by atoms with van der Waals surface area (Å²) in [5.41, 5.74) is 1.17. The van der Waals surface area contributed by atoms with Crippen molar-refractivity contribution >= 4 is 12.0 Å². The lowest BCUT2D eigenvalue weighted by atomic mass is 10.2. The van der Waals surface area contributed by atoms with E-state index in [1.165, 1.54) is 5.56 Å². The summed E-state index contributed by atoms with van der Waals surface area (Å²) in [6, 6.07) is 10.0. The van der Waals surface area contributed by atoms with Gasteiger partial charge in [-0.1, -0.05) is 49.6 Å². The van der Waals surface area contributed by atoms with Crippen LogP contribution in [0.1, 0.15) is 5.56 Å². The second-order valence-electron chi connectivity index (χ2n) is 3.79. The molecule has 0 aromatic heterocycles. The topological polar surface area (TPSA) is 29.5 Å². The number of ether oxygens (including phenoxy) is 1. The van der Waals surface area contributed by atoms with Gasteiger partial charge in [0.25, 0.3) is 0 Å². The van der Waals surface area contributed by atoms with Gasteiger partial charge in [-0.2, -0.15) is 0 Å². The predicted molar refractivity (Wildman–Crippen MR) is 76.2 cm³/mol. The highest BCUT2D eigenvalue weighted by molar-refractivity contribution is 5.81. The van der Waals surface area contributed by atoms with Crippen molar-refractivity contribution in [2.45, 2.75) is 0 Å². The smallest absolute Gasteiger partial charge is 0.330 e. The van der Waals surface area contributed by atoms with E-state index in [-0.39, 0.29) is 5.97 Å². The van der Waals surface area contributed by atoms with Crippen LogP contribution >= 0.6 is 0 Å². The molecule has 0 atom stereocenters. The molecule has 0 fully saturated rings. The summed E-state index contributed by atoms with van der Waals surface area (Å²) in [5, 5.41) is 0. The molecule has 18 heavy (non-hydrogen) atoms. The molecule has 0 unspecified atom stereocenters. The van der Waals surface area contributed by atoms with Crippen LogP contribution in [0.3, 0.4) is 0 Å². The molecule has 0 aliphatic heterocycles. The second kappa shape index (κ2) is 10.3. The van der Waals surface area contributed by atoms with Crippen molar-refractivity contribution in [3.8, 4) is 0 Å². The number of carbonyl (C=O) groups excluding carboxylic acids is 1. The Bertz CT molecular complexity index is 358. The maximum absolute atomic E-state index is 10.4. The molecule has 3 nitrogen and oxygen atoms in total. The fourth-order valence-electron chi connectivity index (χ4n) is 0.977. The van der Waals surface area contributed by atoms with Crippen LogP contribution in [0.5, 0.6) is 0 Å². The predicted octanol–water partition coefficient (Wildman–Crippen LogP) is 2.61. The Morgan fingerprint density at radius 2 is 1.89 bits per heavy atom. The fourth-order valence-corrected chi connectivity index (χ4v) is 0.977. The van der Waals surface area contributed by atoms with E-state index < -0.39 is 0 Å². The van der Waals surface area contributed by atoms with E-state index >= 15 is 0 Å². The number of likely N-dealkylation sites (N-methyl/N-ethyl adjacent to an activating group) is 1. The lowest BCUT2D eigenvalue weighted by molar-refractivity contribution is -0.137. The Kier molecular flexibility index (Phi) is 9.23. The highest BCUT2D eigenvalue weighted by Gasteiger charge is 1.94. The third-order valence-electron chi connectivity index (χ3n) is 1.98. The largest absolute Gasteiger partial charge is 0.461 e. The molecule has 1 rings (SSSR count). The van der Waals surface area contributed by atoms with E-state index in [1.54, 1.807) is 0 Å². The van der Waals surface area contributed by atoms with Crippen LogP contribution in [0.15, 0.2) is 49.6 Å². The minimum absolute atomic E-state index is 0.359. The van der Waals surface area contributed by atoms with Crippen molar-refractivity contribution in [3.05, 3.63) is 55.1 Å². The standard InChI is InChI=1S/C8H8.C7H13NO2/c1-2-8-6-4-3-5-7-8;1-4-7(9)10-6-5-8(2)3/h2-7H,1H2;4H,1,5-6H2,2-3H3. The van der Waals surface area contributed by atoms with Gasteiger partial charge in [0, 0.05) is 12.6 Å². The van der Waals surface area contributed by atoms with Crippen LogP contribution in [0.25, 0.3) is 6.08 Å². The number of hydrogen-bond donors (Lipinski definition) is 0. The second-order valence-corrected chi connectivity index (χ2v) is 3.79. The minimum Gasteiger partial charge on any atom is -0.461 e. The first-order valence-corrected chi connectivity index (χ1v) is 5.71. The van der Waals surface area contributed by atoms with Gasteiger partial charge in [0.15, 0.2) is 0 Å². The fraction of sp³-hybridized carbons (Fsp3) is 0.267. The number of rotatable bonds is 5. The third kappa shape index (κ3) is 9.36. The van der Waals surface area contributed by atoms with Crippen LogP contribution < -0.4 is 0 Å². The molecule has 1 aromatic carbocycles. The van der Waals surface area contributed by atoms with E-state index in [1.807, 2.05) is 55.4 Å². The van der Waals surface area contributed by atoms with Crippen LogP contribution in [-0.4, -0.2) is 38.1 Å². The molecule has 98 valence electrons. The van der Waals surface area contributed by atoms with Crippen LogP contribution in [0.4, 0.5) is 0 Å². The monoisotopic (exact) mass is 247 g/mol. The maximum atomic E-state index is 10.4. The van der Waals surface area contributed by atoms with Gasteiger partial charge in [-0.25, -0.2) is 4.79 Å². The normalized spacial score (nSPS) is 9.06. The number of benzene rings is 1. The Balaban J connectivity index is 0.000000327. The first-order chi connectivity index (χ1) is 8.60. The molecule has 0 saturated heterocycles. The van der Waals surface area contributed by atoms with Crippen molar-refractivity contribution < 1.29 is 9.53 Å². The van der Waals surface area contributed by atoms with Crippen LogP contribution in [0, 0.1) is 0 Å². The molecule has 3 heteroatoms. The minimum atomic E-state index is -0.359. The number of nitrogens with zero attached hydrogens (tertiary/aromatic N) is 1. The summed E-state index contributed by atoms with van der Waals surface area (Å²) in [5.74, 6) is -0.359. The summed E-state index contributed by atoms with van der Waals surface area (Å²) in [6.07, 6.45) is 3.00. The zero-order valence-electron chi connectivity index (χ0n) is 11.1. The Morgan fingerprint density at radius 3 is 2.28 bits per heavy atom. The van der Waals surface area contributed by atoms with Gasteiger partial charge >= 0.3 is 5.97 Å². The molecule has 0 saturated carbocycles. The van der Waals surface area contributed by atoms with Gasteiger partial charge in [-0.15, -0.1) is 0 Å². The van der Waals surface area contributed by atoms with Gasteiger partial charge in [0.05, 0.1) is 0 Å². The van der Waals surface area contributed by atoms with Gasteiger partial charge in [0.2, 0.25) is 0 Å². The van der Waals surface area contributed by atoms with Crippen LogP contribution in [0.2, 0.25) is 0 Å². The lowest BCUT2D eigenvalue weighted by Crippen LogP contribution is -2.19. The Hall–Kier alpha value is -1.87. The Morgan fingerprint density at radius 1 is 1.28 bits per heavy atom. The quantitative estimate of drug-likeness (QED) is 0.591. The van der Waals surface area contributed by atoms with E-state index in [0.29, 0.717) is 6.61 Å². The molecule has 0 radical (unpaired) electrons. The van der Waals surface area contributed by atoms with Gasteiger partial charge in [-0.05, 0) is 19.7 Å². The highest BCUT2D eigenvalue weighted by Crippen LogP contribution is 1.97. The SMILES string of the molecule is C=CC(=O)OCCN(C)C.C=Cc1ccccc1.